The van der Waals surface area contributed by atoms with Crippen molar-refractivity contribution in [2.24, 2.45) is 0 Å². The SMILES string of the molecule is COc1ccccc1NS(=O)(=O)c1ccc(O)c(NC(=O)c2cccc(C)c2)c1. The highest BCUT2D eigenvalue weighted by atomic mass is 32.2. The van der Waals surface area contributed by atoms with E-state index in [1.165, 1.54) is 25.3 Å². The van der Waals surface area contributed by atoms with Gasteiger partial charge in [0.05, 0.1) is 23.4 Å². The molecule has 0 spiro atoms. The predicted molar refractivity (Wildman–Crippen MR) is 111 cm³/mol. The van der Waals surface area contributed by atoms with E-state index in [9.17, 15) is 18.3 Å². The summed E-state index contributed by atoms with van der Waals surface area (Å²) in [6.07, 6.45) is 0. The molecule has 0 radical (unpaired) electrons. The van der Waals surface area contributed by atoms with Gasteiger partial charge in [0.1, 0.15) is 11.5 Å². The van der Waals surface area contributed by atoms with Crippen LogP contribution in [0, 0.1) is 6.92 Å². The molecule has 0 bridgehead atoms. The van der Waals surface area contributed by atoms with Crippen LogP contribution in [0.5, 0.6) is 11.5 Å². The fraction of sp³-hybridized carbons (Fsp3) is 0.0952. The fourth-order valence-corrected chi connectivity index (χ4v) is 3.79. The minimum atomic E-state index is -3.98. The molecular formula is C21H20N2O5S. The number of methoxy groups -OCH3 is 1. The Labute approximate surface area is 169 Å². The van der Waals surface area contributed by atoms with E-state index >= 15 is 0 Å². The monoisotopic (exact) mass is 412 g/mol. The molecule has 3 N–H and O–H groups in total. The lowest BCUT2D eigenvalue weighted by Crippen LogP contribution is -2.15. The van der Waals surface area contributed by atoms with E-state index in [4.69, 9.17) is 4.74 Å². The highest BCUT2D eigenvalue weighted by Crippen LogP contribution is 2.30. The highest BCUT2D eigenvalue weighted by Gasteiger charge is 2.19. The zero-order valence-electron chi connectivity index (χ0n) is 15.8. The van der Waals surface area contributed by atoms with Gasteiger partial charge >= 0.3 is 0 Å². The summed E-state index contributed by atoms with van der Waals surface area (Å²) in [5, 5.41) is 12.6. The van der Waals surface area contributed by atoms with Gasteiger partial charge in [0.15, 0.2) is 0 Å². The van der Waals surface area contributed by atoms with Gasteiger partial charge in [0.2, 0.25) is 0 Å². The van der Waals surface area contributed by atoms with Crippen LogP contribution >= 0.6 is 0 Å². The third-order valence-corrected chi connectivity index (χ3v) is 5.52. The van der Waals surface area contributed by atoms with Gasteiger partial charge in [-0.3, -0.25) is 9.52 Å². The van der Waals surface area contributed by atoms with E-state index < -0.39 is 15.9 Å². The molecule has 0 aliphatic heterocycles. The van der Waals surface area contributed by atoms with E-state index in [1.807, 2.05) is 13.0 Å². The highest BCUT2D eigenvalue weighted by molar-refractivity contribution is 7.92. The summed E-state index contributed by atoms with van der Waals surface area (Å²) in [5.41, 5.74) is 1.55. The molecule has 3 aromatic carbocycles. The Morgan fingerprint density at radius 3 is 2.45 bits per heavy atom. The third kappa shape index (κ3) is 4.67. The van der Waals surface area contributed by atoms with Gasteiger partial charge in [0.25, 0.3) is 15.9 Å². The number of rotatable bonds is 6. The van der Waals surface area contributed by atoms with Crippen LogP contribution in [-0.4, -0.2) is 26.5 Å². The number of nitrogens with one attached hydrogen (secondary N) is 2. The standard InChI is InChI=1S/C21H20N2O5S/c1-14-6-5-7-15(12-14)21(25)22-18-13-16(10-11-19(18)24)29(26,27)23-17-8-3-4-9-20(17)28-2/h3-13,23-24H,1-2H3,(H,22,25). The lowest BCUT2D eigenvalue weighted by atomic mass is 10.1. The number of anilines is 2. The van der Waals surface area contributed by atoms with E-state index in [0.29, 0.717) is 11.3 Å². The van der Waals surface area contributed by atoms with Crippen LogP contribution in [0.2, 0.25) is 0 Å². The lowest BCUT2D eigenvalue weighted by molar-refractivity contribution is 0.102. The number of hydrogen-bond acceptors (Lipinski definition) is 5. The second kappa shape index (κ2) is 8.24. The fourth-order valence-electron chi connectivity index (χ4n) is 2.70. The number of sulfonamides is 1. The smallest absolute Gasteiger partial charge is 0.262 e. The number of amides is 1. The van der Waals surface area contributed by atoms with Crippen molar-refractivity contribution in [1.82, 2.24) is 0 Å². The minimum Gasteiger partial charge on any atom is -0.506 e. The molecule has 0 heterocycles. The lowest BCUT2D eigenvalue weighted by Gasteiger charge is -2.13. The van der Waals surface area contributed by atoms with Gasteiger partial charge in [0, 0.05) is 5.56 Å². The molecule has 0 atom stereocenters. The van der Waals surface area contributed by atoms with Crippen LogP contribution in [0.25, 0.3) is 0 Å². The number of hydrogen-bond donors (Lipinski definition) is 3. The van der Waals surface area contributed by atoms with Crippen molar-refractivity contribution < 1.29 is 23.1 Å². The zero-order valence-corrected chi connectivity index (χ0v) is 16.7. The molecule has 3 rings (SSSR count). The van der Waals surface area contributed by atoms with Crippen LogP contribution in [0.3, 0.4) is 0 Å². The van der Waals surface area contributed by atoms with Gasteiger partial charge in [-0.25, -0.2) is 8.42 Å². The molecule has 0 aliphatic rings. The van der Waals surface area contributed by atoms with Crippen LogP contribution < -0.4 is 14.8 Å². The Hall–Kier alpha value is -3.52. The summed E-state index contributed by atoms with van der Waals surface area (Å²) in [6, 6.07) is 17.1. The van der Waals surface area contributed by atoms with Gasteiger partial charge in [-0.1, -0.05) is 29.8 Å². The molecule has 1 amide bonds. The first-order valence-electron chi connectivity index (χ1n) is 8.67. The number of ether oxygens (including phenoxy) is 1. The number of carbonyl (C=O) groups is 1. The van der Waals surface area contributed by atoms with Gasteiger partial charge in [-0.15, -0.1) is 0 Å². The van der Waals surface area contributed by atoms with Crippen molar-refractivity contribution in [3.8, 4) is 11.5 Å². The Kier molecular flexibility index (Phi) is 5.74. The number of phenols is 1. The first-order valence-corrected chi connectivity index (χ1v) is 10.2. The number of para-hydroxylation sites is 2. The van der Waals surface area contributed by atoms with Gasteiger partial charge in [-0.2, -0.15) is 0 Å². The van der Waals surface area contributed by atoms with E-state index in [2.05, 4.69) is 10.0 Å². The maximum atomic E-state index is 12.8. The molecule has 29 heavy (non-hydrogen) atoms. The Balaban J connectivity index is 1.89. The van der Waals surface area contributed by atoms with E-state index in [0.717, 1.165) is 5.56 Å². The Morgan fingerprint density at radius 2 is 1.72 bits per heavy atom. The molecule has 0 aliphatic carbocycles. The zero-order chi connectivity index (χ0) is 21.0. The number of phenolic OH excluding ortho intramolecular Hbond substituents is 1. The summed E-state index contributed by atoms with van der Waals surface area (Å²) in [7, 11) is -2.55. The first-order chi connectivity index (χ1) is 13.8. The van der Waals surface area contributed by atoms with Crippen LogP contribution in [0.1, 0.15) is 15.9 Å². The molecule has 7 nitrogen and oxygen atoms in total. The molecule has 3 aromatic rings. The molecule has 0 aromatic heterocycles. The third-order valence-electron chi connectivity index (χ3n) is 4.16. The molecule has 150 valence electrons. The quantitative estimate of drug-likeness (QED) is 0.535. The average molecular weight is 412 g/mol. The maximum absolute atomic E-state index is 12.8. The molecular weight excluding hydrogens is 392 g/mol. The largest absolute Gasteiger partial charge is 0.506 e. The molecule has 0 saturated heterocycles. The van der Waals surface area contributed by atoms with Gasteiger partial charge in [-0.05, 0) is 49.4 Å². The molecule has 0 fully saturated rings. The Morgan fingerprint density at radius 1 is 0.966 bits per heavy atom. The van der Waals surface area contributed by atoms with Crippen molar-refractivity contribution in [2.45, 2.75) is 11.8 Å². The molecule has 0 unspecified atom stereocenters. The normalized spacial score (nSPS) is 11.0. The van der Waals surface area contributed by atoms with Crippen LogP contribution in [-0.2, 0) is 10.0 Å². The number of benzene rings is 3. The summed E-state index contributed by atoms with van der Waals surface area (Å²) in [4.78, 5) is 12.3. The van der Waals surface area contributed by atoms with E-state index in [-0.39, 0.29) is 22.0 Å². The first kappa shape index (κ1) is 20.2. The minimum absolute atomic E-state index is 0.0144. The van der Waals surface area contributed by atoms with Crippen molar-refractivity contribution in [3.05, 3.63) is 77.9 Å². The van der Waals surface area contributed by atoms with Crippen LogP contribution in [0.4, 0.5) is 11.4 Å². The van der Waals surface area contributed by atoms with E-state index in [1.54, 1.807) is 42.5 Å². The van der Waals surface area contributed by atoms with Crippen molar-refractivity contribution in [3.63, 3.8) is 0 Å². The summed E-state index contributed by atoms with van der Waals surface area (Å²) in [6.45, 7) is 1.85. The average Bonchev–Trinajstić information content (AvgIpc) is 2.69. The predicted octanol–water partition coefficient (Wildman–Crippen LogP) is 3.76. The maximum Gasteiger partial charge on any atom is 0.262 e. The number of aryl methyl sites for hydroxylation is 1. The van der Waals surface area contributed by atoms with Crippen molar-refractivity contribution in [2.75, 3.05) is 17.1 Å². The topological polar surface area (TPSA) is 105 Å². The second-order valence-electron chi connectivity index (χ2n) is 6.31. The second-order valence-corrected chi connectivity index (χ2v) is 7.99. The molecule has 0 saturated carbocycles. The number of carbonyl (C=O) groups excluding carboxylic acids is 1. The summed E-state index contributed by atoms with van der Waals surface area (Å²) >= 11 is 0. The van der Waals surface area contributed by atoms with Crippen molar-refractivity contribution in [1.29, 1.82) is 0 Å². The van der Waals surface area contributed by atoms with Crippen molar-refractivity contribution >= 4 is 27.3 Å². The Bertz CT molecular complexity index is 1160. The summed E-state index contributed by atoms with van der Waals surface area (Å²) in [5.74, 6) is -0.346. The number of aromatic hydroxyl groups is 1. The summed E-state index contributed by atoms with van der Waals surface area (Å²) < 4.78 is 33.1. The molecule has 8 heteroatoms. The van der Waals surface area contributed by atoms with Crippen LogP contribution in [0.15, 0.2) is 71.6 Å². The van der Waals surface area contributed by atoms with Gasteiger partial charge < -0.3 is 15.2 Å².